The largest absolute Gasteiger partial charge is 0.497 e. The molecule has 1 fully saturated rings. The zero-order chi connectivity index (χ0) is 15.2. The molecule has 2 rings (SSSR count). The monoisotopic (exact) mass is 353 g/mol. The van der Waals surface area contributed by atoms with Crippen LogP contribution in [0.3, 0.4) is 0 Å². The van der Waals surface area contributed by atoms with Gasteiger partial charge in [-0.1, -0.05) is 35.0 Å². The van der Waals surface area contributed by atoms with E-state index >= 15 is 0 Å². The molecule has 1 unspecified atom stereocenters. The number of carbonyl (C=O) groups excluding carboxylic acids is 1. The Bertz CT molecular complexity index is 450. The number of benzene rings is 1. The van der Waals surface area contributed by atoms with Gasteiger partial charge in [-0.05, 0) is 42.9 Å². The van der Waals surface area contributed by atoms with E-state index in [0.717, 1.165) is 38.1 Å². The van der Waals surface area contributed by atoms with Crippen LogP contribution in [0, 0.1) is 5.92 Å². The molecule has 1 atom stereocenters. The van der Waals surface area contributed by atoms with Gasteiger partial charge in [0.2, 0.25) is 5.91 Å². The predicted octanol–water partition coefficient (Wildman–Crippen LogP) is 3.65. The molecule has 1 aliphatic heterocycles. The van der Waals surface area contributed by atoms with Crippen molar-refractivity contribution in [1.82, 2.24) is 4.90 Å². The Morgan fingerprint density at radius 2 is 1.95 bits per heavy atom. The van der Waals surface area contributed by atoms with Crippen molar-refractivity contribution in [2.75, 3.05) is 20.2 Å². The fraction of sp³-hybridized carbons (Fsp3) is 0.588. The summed E-state index contributed by atoms with van der Waals surface area (Å²) in [7, 11) is 1.66. The molecule has 4 heteroatoms. The topological polar surface area (TPSA) is 29.5 Å². The van der Waals surface area contributed by atoms with E-state index in [9.17, 15) is 4.79 Å². The van der Waals surface area contributed by atoms with E-state index in [-0.39, 0.29) is 5.91 Å². The van der Waals surface area contributed by atoms with Crippen molar-refractivity contribution in [3.05, 3.63) is 29.8 Å². The van der Waals surface area contributed by atoms with Crippen LogP contribution in [0.1, 0.15) is 31.7 Å². The first-order valence-electron chi connectivity index (χ1n) is 7.65. The highest BCUT2D eigenvalue weighted by Crippen LogP contribution is 2.25. The molecule has 0 radical (unpaired) electrons. The van der Waals surface area contributed by atoms with E-state index in [0.29, 0.717) is 17.2 Å². The molecule has 21 heavy (non-hydrogen) atoms. The minimum atomic E-state index is 0.284. The van der Waals surface area contributed by atoms with Crippen LogP contribution in [0.2, 0.25) is 0 Å². The normalized spacial score (nSPS) is 17.6. The molecule has 0 aliphatic carbocycles. The highest BCUT2D eigenvalue weighted by atomic mass is 79.9. The Hall–Kier alpha value is -1.03. The standard InChI is InChI=1S/C17H24BrNO2/c1-13(18)15-9-11-19(12-10-15)17(20)8-5-14-3-6-16(21-2)7-4-14/h3-4,6-7,13,15H,5,8-12H2,1-2H3. The molecule has 3 nitrogen and oxygen atoms in total. The van der Waals surface area contributed by atoms with E-state index in [1.54, 1.807) is 7.11 Å². The average Bonchev–Trinajstić information content (AvgIpc) is 2.53. The second-order valence-electron chi connectivity index (χ2n) is 5.74. The lowest BCUT2D eigenvalue weighted by Gasteiger charge is -2.33. The van der Waals surface area contributed by atoms with Crippen molar-refractivity contribution < 1.29 is 9.53 Å². The highest BCUT2D eigenvalue weighted by Gasteiger charge is 2.24. The first-order valence-corrected chi connectivity index (χ1v) is 8.56. The number of halogens is 1. The van der Waals surface area contributed by atoms with Gasteiger partial charge in [-0.25, -0.2) is 0 Å². The third-order valence-electron chi connectivity index (χ3n) is 4.33. The van der Waals surface area contributed by atoms with Gasteiger partial charge in [0.15, 0.2) is 0 Å². The van der Waals surface area contributed by atoms with Gasteiger partial charge in [-0.3, -0.25) is 4.79 Å². The van der Waals surface area contributed by atoms with Gasteiger partial charge < -0.3 is 9.64 Å². The molecule has 1 aromatic rings. The number of nitrogens with zero attached hydrogens (tertiary/aromatic N) is 1. The van der Waals surface area contributed by atoms with Crippen LogP contribution in [0.4, 0.5) is 0 Å². The van der Waals surface area contributed by atoms with Crippen molar-refractivity contribution in [2.45, 2.75) is 37.4 Å². The molecule has 1 aromatic carbocycles. The Balaban J connectivity index is 1.77. The van der Waals surface area contributed by atoms with Crippen LogP contribution in [0.15, 0.2) is 24.3 Å². The number of piperidine rings is 1. The maximum absolute atomic E-state index is 12.3. The molecule has 0 saturated carbocycles. The molecule has 0 spiro atoms. The number of aryl methyl sites for hydroxylation is 1. The first-order chi connectivity index (χ1) is 10.1. The van der Waals surface area contributed by atoms with E-state index < -0.39 is 0 Å². The molecule has 0 N–H and O–H groups in total. The van der Waals surface area contributed by atoms with Gasteiger partial charge in [0.25, 0.3) is 0 Å². The van der Waals surface area contributed by atoms with E-state index in [4.69, 9.17) is 4.74 Å². The lowest BCUT2D eigenvalue weighted by atomic mass is 9.94. The number of hydrogen-bond acceptors (Lipinski definition) is 2. The average molecular weight is 354 g/mol. The van der Waals surface area contributed by atoms with Crippen LogP contribution >= 0.6 is 15.9 Å². The zero-order valence-corrected chi connectivity index (χ0v) is 14.4. The van der Waals surface area contributed by atoms with Gasteiger partial charge in [-0.15, -0.1) is 0 Å². The lowest BCUT2D eigenvalue weighted by Crippen LogP contribution is -2.40. The van der Waals surface area contributed by atoms with Gasteiger partial charge in [0, 0.05) is 24.3 Å². The Labute approximate surface area is 135 Å². The number of methoxy groups -OCH3 is 1. The van der Waals surface area contributed by atoms with Crippen LogP contribution in [-0.4, -0.2) is 35.8 Å². The molecular formula is C17H24BrNO2. The number of amides is 1. The lowest BCUT2D eigenvalue weighted by molar-refractivity contribution is -0.132. The summed E-state index contributed by atoms with van der Waals surface area (Å²) in [4.78, 5) is 14.8. The summed E-state index contributed by atoms with van der Waals surface area (Å²) >= 11 is 3.65. The van der Waals surface area contributed by atoms with Crippen molar-refractivity contribution in [2.24, 2.45) is 5.92 Å². The Morgan fingerprint density at radius 3 is 2.48 bits per heavy atom. The number of ether oxygens (including phenoxy) is 1. The third kappa shape index (κ3) is 4.73. The van der Waals surface area contributed by atoms with Crippen LogP contribution < -0.4 is 4.74 Å². The van der Waals surface area contributed by atoms with Crippen molar-refractivity contribution >= 4 is 21.8 Å². The molecular weight excluding hydrogens is 330 g/mol. The highest BCUT2D eigenvalue weighted by molar-refractivity contribution is 9.09. The van der Waals surface area contributed by atoms with Crippen LogP contribution in [0.25, 0.3) is 0 Å². The van der Waals surface area contributed by atoms with Gasteiger partial charge in [0.05, 0.1) is 7.11 Å². The maximum Gasteiger partial charge on any atom is 0.222 e. The summed E-state index contributed by atoms with van der Waals surface area (Å²) in [5.74, 6) is 1.85. The number of alkyl halides is 1. The molecule has 1 saturated heterocycles. The maximum atomic E-state index is 12.3. The summed E-state index contributed by atoms with van der Waals surface area (Å²) in [5.41, 5.74) is 1.19. The molecule has 1 amide bonds. The van der Waals surface area contributed by atoms with Crippen LogP contribution in [-0.2, 0) is 11.2 Å². The number of hydrogen-bond donors (Lipinski definition) is 0. The minimum Gasteiger partial charge on any atom is -0.497 e. The van der Waals surface area contributed by atoms with E-state index in [1.807, 2.05) is 29.2 Å². The molecule has 116 valence electrons. The van der Waals surface area contributed by atoms with Crippen LogP contribution in [0.5, 0.6) is 5.75 Å². The first kappa shape index (κ1) is 16.3. The quantitative estimate of drug-likeness (QED) is 0.756. The molecule has 1 aliphatic rings. The number of rotatable bonds is 5. The Morgan fingerprint density at radius 1 is 1.33 bits per heavy atom. The summed E-state index contributed by atoms with van der Waals surface area (Å²) in [6.45, 7) is 4.01. The molecule has 0 aromatic heterocycles. The number of carbonyl (C=O) groups is 1. The van der Waals surface area contributed by atoms with Crippen molar-refractivity contribution in [3.8, 4) is 5.75 Å². The third-order valence-corrected chi connectivity index (χ3v) is 5.08. The van der Waals surface area contributed by atoms with Crippen molar-refractivity contribution in [1.29, 1.82) is 0 Å². The van der Waals surface area contributed by atoms with Gasteiger partial charge in [0.1, 0.15) is 5.75 Å². The Kier molecular flexibility index (Phi) is 6.09. The van der Waals surface area contributed by atoms with Crippen molar-refractivity contribution in [3.63, 3.8) is 0 Å². The SMILES string of the molecule is COc1ccc(CCC(=O)N2CCC(C(C)Br)CC2)cc1. The van der Waals surface area contributed by atoms with Gasteiger partial charge >= 0.3 is 0 Å². The molecule has 1 heterocycles. The predicted molar refractivity (Wildman–Crippen MR) is 89.0 cm³/mol. The number of likely N-dealkylation sites (tertiary alicyclic amines) is 1. The fourth-order valence-corrected chi connectivity index (χ4v) is 3.34. The van der Waals surface area contributed by atoms with E-state index in [2.05, 4.69) is 22.9 Å². The molecule has 0 bridgehead atoms. The second kappa shape index (κ2) is 7.83. The summed E-state index contributed by atoms with van der Waals surface area (Å²) in [6.07, 6.45) is 3.62. The summed E-state index contributed by atoms with van der Waals surface area (Å²) in [6, 6.07) is 7.96. The van der Waals surface area contributed by atoms with E-state index in [1.165, 1.54) is 5.56 Å². The minimum absolute atomic E-state index is 0.284. The second-order valence-corrected chi connectivity index (χ2v) is 7.19. The zero-order valence-electron chi connectivity index (χ0n) is 12.8. The summed E-state index contributed by atoms with van der Waals surface area (Å²) < 4.78 is 5.14. The smallest absolute Gasteiger partial charge is 0.222 e. The van der Waals surface area contributed by atoms with Gasteiger partial charge in [-0.2, -0.15) is 0 Å². The fourth-order valence-electron chi connectivity index (χ4n) is 2.81. The summed E-state index contributed by atoms with van der Waals surface area (Å²) in [5, 5.41) is 0.